The van der Waals surface area contributed by atoms with Crippen LogP contribution in [0, 0.1) is 25.2 Å². The van der Waals surface area contributed by atoms with Gasteiger partial charge < -0.3 is 14.2 Å². The van der Waals surface area contributed by atoms with Crippen molar-refractivity contribution >= 4 is 0 Å². The molecule has 3 rings (SSSR count). The minimum Gasteiger partial charge on any atom is -0.494 e. The van der Waals surface area contributed by atoms with Gasteiger partial charge in [0.05, 0.1) is 18.6 Å². The number of nitrogens with zero attached hydrogens (tertiary/aromatic N) is 1. The minimum atomic E-state index is -0.226. The van der Waals surface area contributed by atoms with Crippen molar-refractivity contribution in [3.05, 3.63) is 53.1 Å². The number of hydrogen-bond acceptors (Lipinski definition) is 4. The van der Waals surface area contributed by atoms with Crippen molar-refractivity contribution in [1.29, 1.82) is 5.26 Å². The number of hydrogen-bond donors (Lipinski definition) is 0. The molecule has 1 heterocycles. The summed E-state index contributed by atoms with van der Waals surface area (Å²) in [5, 5.41) is 9.43. The fraction of sp³-hybridized carbons (Fsp3) is 0.316. The van der Waals surface area contributed by atoms with Gasteiger partial charge in [-0.3, -0.25) is 0 Å². The van der Waals surface area contributed by atoms with Crippen LogP contribution in [0.4, 0.5) is 0 Å². The molecule has 2 aromatic carbocycles. The minimum absolute atomic E-state index is 0.226. The SMILES string of the molecule is Cc1ccc(OCCC(C#N)c2ccc3c(c2)OCO3)cc1C. The van der Waals surface area contributed by atoms with Gasteiger partial charge in [0, 0.05) is 6.42 Å². The predicted molar refractivity (Wildman–Crippen MR) is 86.9 cm³/mol. The molecule has 0 saturated heterocycles. The lowest BCUT2D eigenvalue weighted by atomic mass is 9.97. The second kappa shape index (κ2) is 6.62. The fourth-order valence-corrected chi connectivity index (χ4v) is 2.53. The standard InChI is InChI=1S/C19H19NO3/c1-13-3-5-17(9-14(13)2)21-8-7-16(11-20)15-4-6-18-19(10-15)23-12-22-18/h3-6,9-10,16H,7-8,12H2,1-2H3. The van der Waals surface area contributed by atoms with E-state index in [9.17, 15) is 5.26 Å². The van der Waals surface area contributed by atoms with Gasteiger partial charge in [0.25, 0.3) is 0 Å². The van der Waals surface area contributed by atoms with E-state index in [4.69, 9.17) is 14.2 Å². The number of fused-ring (bicyclic) bond motifs is 1. The first-order chi connectivity index (χ1) is 11.2. The van der Waals surface area contributed by atoms with E-state index in [0.717, 1.165) is 17.1 Å². The topological polar surface area (TPSA) is 51.5 Å². The summed E-state index contributed by atoms with van der Waals surface area (Å²) in [5.74, 6) is 2.06. The van der Waals surface area contributed by atoms with Crippen LogP contribution in [0.25, 0.3) is 0 Å². The summed E-state index contributed by atoms with van der Waals surface area (Å²) in [5.41, 5.74) is 3.38. The molecule has 4 heteroatoms. The molecule has 1 unspecified atom stereocenters. The number of rotatable bonds is 5. The highest BCUT2D eigenvalue weighted by molar-refractivity contribution is 5.46. The molecule has 1 aliphatic heterocycles. The molecular weight excluding hydrogens is 290 g/mol. The smallest absolute Gasteiger partial charge is 0.231 e. The molecule has 118 valence electrons. The maximum absolute atomic E-state index is 9.43. The van der Waals surface area contributed by atoms with Gasteiger partial charge in [-0.05, 0) is 54.8 Å². The second-order valence-corrected chi connectivity index (χ2v) is 5.68. The molecule has 0 amide bonds. The van der Waals surface area contributed by atoms with Gasteiger partial charge >= 0.3 is 0 Å². The van der Waals surface area contributed by atoms with Gasteiger partial charge in [-0.15, -0.1) is 0 Å². The molecule has 2 aromatic rings. The van der Waals surface area contributed by atoms with E-state index in [1.165, 1.54) is 11.1 Å². The van der Waals surface area contributed by atoms with Gasteiger partial charge in [0.2, 0.25) is 6.79 Å². The van der Waals surface area contributed by atoms with Crippen molar-refractivity contribution < 1.29 is 14.2 Å². The Morgan fingerprint density at radius 3 is 2.70 bits per heavy atom. The quantitative estimate of drug-likeness (QED) is 0.834. The molecular formula is C19H19NO3. The van der Waals surface area contributed by atoms with E-state index in [1.807, 2.05) is 36.4 Å². The Hall–Kier alpha value is -2.67. The molecule has 23 heavy (non-hydrogen) atoms. The van der Waals surface area contributed by atoms with Crippen LogP contribution in [0.15, 0.2) is 36.4 Å². The third-order valence-corrected chi connectivity index (χ3v) is 4.11. The van der Waals surface area contributed by atoms with Crippen LogP contribution >= 0.6 is 0 Å². The van der Waals surface area contributed by atoms with E-state index in [2.05, 4.69) is 19.9 Å². The Morgan fingerprint density at radius 2 is 1.91 bits per heavy atom. The van der Waals surface area contributed by atoms with Crippen molar-refractivity contribution in [2.45, 2.75) is 26.2 Å². The molecule has 0 aromatic heterocycles. The summed E-state index contributed by atoms with van der Waals surface area (Å²) in [4.78, 5) is 0. The van der Waals surface area contributed by atoms with Crippen LogP contribution in [-0.4, -0.2) is 13.4 Å². The largest absolute Gasteiger partial charge is 0.494 e. The molecule has 0 N–H and O–H groups in total. The lowest BCUT2D eigenvalue weighted by Gasteiger charge is -2.12. The predicted octanol–water partition coefficient (Wildman–Crippen LogP) is 4.11. The van der Waals surface area contributed by atoms with Gasteiger partial charge in [0.1, 0.15) is 5.75 Å². The number of benzene rings is 2. The fourth-order valence-electron chi connectivity index (χ4n) is 2.53. The average molecular weight is 309 g/mol. The molecule has 0 radical (unpaired) electrons. The van der Waals surface area contributed by atoms with Crippen molar-refractivity contribution in [3.63, 3.8) is 0 Å². The lowest BCUT2D eigenvalue weighted by molar-refractivity contribution is 0.174. The third kappa shape index (κ3) is 3.40. The third-order valence-electron chi connectivity index (χ3n) is 4.11. The first kappa shape index (κ1) is 15.2. The zero-order valence-electron chi connectivity index (χ0n) is 13.3. The first-order valence-corrected chi connectivity index (χ1v) is 7.66. The Bertz CT molecular complexity index is 749. The normalized spacial score (nSPS) is 13.4. The molecule has 0 saturated carbocycles. The van der Waals surface area contributed by atoms with Crippen LogP contribution in [0.2, 0.25) is 0 Å². The van der Waals surface area contributed by atoms with E-state index >= 15 is 0 Å². The Labute approximate surface area is 136 Å². The van der Waals surface area contributed by atoms with Crippen LogP contribution in [0.5, 0.6) is 17.2 Å². The zero-order valence-corrected chi connectivity index (χ0v) is 13.3. The maximum Gasteiger partial charge on any atom is 0.231 e. The van der Waals surface area contributed by atoms with Crippen molar-refractivity contribution in [2.75, 3.05) is 13.4 Å². The van der Waals surface area contributed by atoms with Gasteiger partial charge in [-0.1, -0.05) is 12.1 Å². The molecule has 4 nitrogen and oxygen atoms in total. The molecule has 1 aliphatic rings. The van der Waals surface area contributed by atoms with E-state index in [1.54, 1.807) is 0 Å². The van der Waals surface area contributed by atoms with E-state index in [-0.39, 0.29) is 12.7 Å². The summed E-state index contributed by atoms with van der Waals surface area (Å²) in [7, 11) is 0. The average Bonchev–Trinajstić information content (AvgIpc) is 3.02. The van der Waals surface area contributed by atoms with Crippen molar-refractivity contribution in [2.24, 2.45) is 0 Å². The summed E-state index contributed by atoms with van der Waals surface area (Å²) in [6.07, 6.45) is 0.628. The van der Waals surface area contributed by atoms with Gasteiger partial charge in [-0.25, -0.2) is 0 Å². The van der Waals surface area contributed by atoms with Gasteiger partial charge in [0.15, 0.2) is 11.5 Å². The van der Waals surface area contributed by atoms with E-state index < -0.39 is 0 Å². The van der Waals surface area contributed by atoms with Gasteiger partial charge in [-0.2, -0.15) is 5.26 Å². The summed E-state index contributed by atoms with van der Waals surface area (Å²) in [6.45, 7) is 4.87. The Kier molecular flexibility index (Phi) is 4.38. The van der Waals surface area contributed by atoms with Crippen LogP contribution in [0.1, 0.15) is 29.0 Å². The second-order valence-electron chi connectivity index (χ2n) is 5.68. The summed E-state index contributed by atoms with van der Waals surface area (Å²) in [6, 6.07) is 14.0. The number of ether oxygens (including phenoxy) is 3. The number of nitriles is 1. The molecule has 1 atom stereocenters. The highest BCUT2D eigenvalue weighted by Gasteiger charge is 2.18. The highest BCUT2D eigenvalue weighted by Crippen LogP contribution is 2.35. The number of aryl methyl sites for hydroxylation is 2. The highest BCUT2D eigenvalue weighted by atomic mass is 16.7. The van der Waals surface area contributed by atoms with Crippen LogP contribution in [-0.2, 0) is 0 Å². The zero-order chi connectivity index (χ0) is 16.2. The summed E-state index contributed by atoms with van der Waals surface area (Å²) >= 11 is 0. The van der Waals surface area contributed by atoms with Crippen LogP contribution in [0.3, 0.4) is 0 Å². The molecule has 0 spiro atoms. The molecule has 0 bridgehead atoms. The maximum atomic E-state index is 9.43. The van der Waals surface area contributed by atoms with Crippen molar-refractivity contribution in [3.8, 4) is 23.3 Å². The molecule has 0 aliphatic carbocycles. The summed E-state index contributed by atoms with van der Waals surface area (Å²) < 4.78 is 16.4. The van der Waals surface area contributed by atoms with Crippen LogP contribution < -0.4 is 14.2 Å². The Morgan fingerprint density at radius 1 is 1.09 bits per heavy atom. The molecule has 0 fully saturated rings. The Balaban J connectivity index is 1.61. The first-order valence-electron chi connectivity index (χ1n) is 7.66. The van der Waals surface area contributed by atoms with Crippen molar-refractivity contribution in [1.82, 2.24) is 0 Å². The van der Waals surface area contributed by atoms with E-state index in [0.29, 0.717) is 18.8 Å². The lowest BCUT2D eigenvalue weighted by Crippen LogP contribution is -2.05. The monoisotopic (exact) mass is 309 g/mol.